The first-order valence-electron chi connectivity index (χ1n) is 7.08. The molecular weight excluding hydrogens is 256 g/mol. The molecule has 2 N–H and O–H groups in total. The Morgan fingerprint density at radius 2 is 2.20 bits per heavy atom. The number of ether oxygens (including phenoxy) is 1. The lowest BCUT2D eigenvalue weighted by atomic mass is 10.2. The van der Waals surface area contributed by atoms with Gasteiger partial charge >= 0.3 is 6.09 Å². The highest BCUT2D eigenvalue weighted by atomic mass is 16.6. The first kappa shape index (κ1) is 16.5. The number of imidazole rings is 1. The van der Waals surface area contributed by atoms with Crippen LogP contribution < -0.4 is 5.32 Å². The molecule has 0 radical (unpaired) electrons. The van der Waals surface area contributed by atoms with E-state index in [1.54, 1.807) is 17.4 Å². The van der Waals surface area contributed by atoms with Gasteiger partial charge in [0.1, 0.15) is 5.60 Å². The van der Waals surface area contributed by atoms with Gasteiger partial charge in [-0.25, -0.2) is 9.78 Å². The first-order valence-corrected chi connectivity index (χ1v) is 7.08. The third kappa shape index (κ3) is 6.56. The summed E-state index contributed by atoms with van der Waals surface area (Å²) in [5.41, 5.74) is 0.580. The fraction of sp³-hybridized carbons (Fsp3) is 0.714. The summed E-state index contributed by atoms with van der Waals surface area (Å²) in [5, 5.41) is 3.27. The van der Waals surface area contributed by atoms with Crippen molar-refractivity contribution in [1.82, 2.24) is 20.2 Å². The molecule has 0 atom stereocenters. The van der Waals surface area contributed by atoms with Crippen LogP contribution in [0.1, 0.15) is 39.8 Å². The van der Waals surface area contributed by atoms with Gasteiger partial charge in [0.25, 0.3) is 0 Å². The predicted molar refractivity (Wildman–Crippen MR) is 78.4 cm³/mol. The highest BCUT2D eigenvalue weighted by Gasteiger charge is 2.21. The normalized spacial score (nSPS) is 11.4. The van der Waals surface area contributed by atoms with Crippen molar-refractivity contribution in [3.8, 4) is 0 Å². The maximum absolute atomic E-state index is 12.0. The van der Waals surface area contributed by atoms with Gasteiger partial charge in [0, 0.05) is 38.1 Å². The minimum Gasteiger partial charge on any atom is -0.444 e. The molecule has 0 unspecified atom stereocenters. The number of aromatic amines is 1. The standard InChI is InChI=1S/C14H26N4O2/c1-5-7-18(13(19)20-14(2,3)4)8-6-15-9-12-10-16-11-17-12/h10-11,15H,5-9H2,1-4H3,(H,16,17). The van der Waals surface area contributed by atoms with Gasteiger partial charge in [-0.1, -0.05) is 6.92 Å². The number of H-pyrrole nitrogens is 1. The Bertz CT molecular complexity index is 384. The summed E-state index contributed by atoms with van der Waals surface area (Å²) >= 11 is 0. The van der Waals surface area contributed by atoms with E-state index in [0.717, 1.165) is 18.7 Å². The van der Waals surface area contributed by atoms with E-state index in [1.807, 2.05) is 20.8 Å². The van der Waals surface area contributed by atoms with E-state index in [4.69, 9.17) is 4.74 Å². The van der Waals surface area contributed by atoms with E-state index in [2.05, 4.69) is 22.2 Å². The highest BCUT2D eigenvalue weighted by Crippen LogP contribution is 2.10. The SMILES string of the molecule is CCCN(CCNCc1cnc[nH]1)C(=O)OC(C)(C)C. The van der Waals surface area contributed by atoms with Gasteiger partial charge in [-0.2, -0.15) is 0 Å². The van der Waals surface area contributed by atoms with E-state index in [9.17, 15) is 4.79 Å². The van der Waals surface area contributed by atoms with Gasteiger partial charge < -0.3 is 19.9 Å². The Hall–Kier alpha value is -1.56. The van der Waals surface area contributed by atoms with Crippen LogP contribution in [0.4, 0.5) is 4.79 Å². The molecule has 0 saturated carbocycles. The number of carbonyl (C=O) groups excluding carboxylic acids is 1. The largest absolute Gasteiger partial charge is 0.444 e. The number of nitrogens with zero attached hydrogens (tertiary/aromatic N) is 2. The van der Waals surface area contributed by atoms with E-state index in [1.165, 1.54) is 0 Å². The topological polar surface area (TPSA) is 70.2 Å². The van der Waals surface area contributed by atoms with Crippen molar-refractivity contribution in [3.63, 3.8) is 0 Å². The van der Waals surface area contributed by atoms with Crippen molar-refractivity contribution in [3.05, 3.63) is 18.2 Å². The molecule has 0 fully saturated rings. The molecule has 1 aromatic heterocycles. The summed E-state index contributed by atoms with van der Waals surface area (Å²) in [6, 6.07) is 0. The van der Waals surface area contributed by atoms with Gasteiger partial charge in [0.15, 0.2) is 0 Å². The molecule has 20 heavy (non-hydrogen) atoms. The Morgan fingerprint density at radius 3 is 2.75 bits per heavy atom. The minimum absolute atomic E-state index is 0.248. The maximum atomic E-state index is 12.0. The first-order chi connectivity index (χ1) is 9.42. The molecule has 0 saturated heterocycles. The molecule has 1 amide bonds. The summed E-state index contributed by atoms with van der Waals surface area (Å²) in [4.78, 5) is 20.8. The Morgan fingerprint density at radius 1 is 1.45 bits per heavy atom. The van der Waals surface area contributed by atoms with Crippen LogP contribution in [0.2, 0.25) is 0 Å². The number of hydrogen-bond donors (Lipinski definition) is 2. The molecule has 0 bridgehead atoms. The van der Waals surface area contributed by atoms with E-state index in [-0.39, 0.29) is 6.09 Å². The second-order valence-corrected chi connectivity index (χ2v) is 5.72. The molecule has 0 aliphatic rings. The van der Waals surface area contributed by atoms with Gasteiger partial charge in [-0.05, 0) is 27.2 Å². The smallest absolute Gasteiger partial charge is 0.410 e. The molecule has 1 rings (SSSR count). The lowest BCUT2D eigenvalue weighted by Gasteiger charge is -2.27. The number of nitrogens with one attached hydrogen (secondary N) is 2. The molecule has 0 spiro atoms. The highest BCUT2D eigenvalue weighted by molar-refractivity contribution is 5.68. The maximum Gasteiger partial charge on any atom is 0.410 e. The van der Waals surface area contributed by atoms with Crippen LogP contribution >= 0.6 is 0 Å². The van der Waals surface area contributed by atoms with Crippen LogP contribution in [0.5, 0.6) is 0 Å². The summed E-state index contributed by atoms with van der Waals surface area (Å²) in [6.07, 6.45) is 4.11. The number of amides is 1. The Balaban J connectivity index is 2.32. The second-order valence-electron chi connectivity index (χ2n) is 5.72. The zero-order chi connectivity index (χ0) is 15.0. The molecule has 0 aliphatic carbocycles. The number of hydrogen-bond acceptors (Lipinski definition) is 4. The van der Waals surface area contributed by atoms with Crippen molar-refractivity contribution in [2.75, 3.05) is 19.6 Å². The van der Waals surface area contributed by atoms with Crippen LogP contribution in [0.15, 0.2) is 12.5 Å². The number of rotatable bonds is 7. The second kappa shape index (κ2) is 7.89. The molecule has 0 aliphatic heterocycles. The lowest BCUT2D eigenvalue weighted by molar-refractivity contribution is 0.0252. The average molecular weight is 282 g/mol. The van der Waals surface area contributed by atoms with Crippen molar-refractivity contribution < 1.29 is 9.53 Å². The summed E-state index contributed by atoms with van der Waals surface area (Å²) in [6.45, 7) is 10.5. The fourth-order valence-electron chi connectivity index (χ4n) is 1.71. The van der Waals surface area contributed by atoms with E-state index < -0.39 is 5.60 Å². The third-order valence-corrected chi connectivity index (χ3v) is 2.57. The zero-order valence-electron chi connectivity index (χ0n) is 12.9. The molecule has 1 aromatic rings. The third-order valence-electron chi connectivity index (χ3n) is 2.57. The van der Waals surface area contributed by atoms with Crippen LogP contribution in [0.3, 0.4) is 0 Å². The van der Waals surface area contributed by atoms with E-state index in [0.29, 0.717) is 19.6 Å². The van der Waals surface area contributed by atoms with Gasteiger partial charge in [0.05, 0.1) is 6.33 Å². The number of aromatic nitrogens is 2. The van der Waals surface area contributed by atoms with Gasteiger partial charge in [-0.15, -0.1) is 0 Å². The molecule has 6 heteroatoms. The quantitative estimate of drug-likeness (QED) is 0.752. The minimum atomic E-state index is -0.452. The van der Waals surface area contributed by atoms with Crippen molar-refractivity contribution >= 4 is 6.09 Å². The zero-order valence-corrected chi connectivity index (χ0v) is 12.9. The van der Waals surface area contributed by atoms with Crippen LogP contribution in [-0.2, 0) is 11.3 Å². The monoisotopic (exact) mass is 282 g/mol. The fourth-order valence-corrected chi connectivity index (χ4v) is 1.71. The molecule has 1 heterocycles. The average Bonchev–Trinajstić information content (AvgIpc) is 2.83. The lowest BCUT2D eigenvalue weighted by Crippen LogP contribution is -2.40. The Kier molecular flexibility index (Phi) is 6.51. The molecule has 114 valence electrons. The van der Waals surface area contributed by atoms with E-state index >= 15 is 0 Å². The predicted octanol–water partition coefficient (Wildman–Crippen LogP) is 2.15. The van der Waals surface area contributed by atoms with Crippen LogP contribution in [-0.4, -0.2) is 46.2 Å². The summed E-state index contributed by atoms with van der Waals surface area (Å²) in [5.74, 6) is 0. The molecule has 0 aromatic carbocycles. The summed E-state index contributed by atoms with van der Waals surface area (Å²) in [7, 11) is 0. The molecule has 6 nitrogen and oxygen atoms in total. The van der Waals surface area contributed by atoms with Gasteiger partial charge in [-0.3, -0.25) is 0 Å². The van der Waals surface area contributed by atoms with Crippen molar-refractivity contribution in [1.29, 1.82) is 0 Å². The van der Waals surface area contributed by atoms with Crippen LogP contribution in [0, 0.1) is 0 Å². The molecular formula is C14H26N4O2. The van der Waals surface area contributed by atoms with Crippen LogP contribution in [0.25, 0.3) is 0 Å². The van der Waals surface area contributed by atoms with Gasteiger partial charge in [0.2, 0.25) is 0 Å². The number of carbonyl (C=O) groups is 1. The van der Waals surface area contributed by atoms with Crippen molar-refractivity contribution in [2.24, 2.45) is 0 Å². The Labute approximate surface area is 120 Å². The van der Waals surface area contributed by atoms with Crippen molar-refractivity contribution in [2.45, 2.75) is 46.3 Å². The summed E-state index contributed by atoms with van der Waals surface area (Å²) < 4.78 is 5.40.